The Kier molecular flexibility index (Phi) is 6.59. The Labute approximate surface area is 222 Å². The molecule has 2 aromatic heterocycles. The number of pyridine rings is 1. The summed E-state index contributed by atoms with van der Waals surface area (Å²) in [6.07, 6.45) is 4.55. The molecule has 4 aromatic rings. The molecule has 6 rings (SSSR count). The number of aliphatic hydroxyl groups is 1. The van der Waals surface area contributed by atoms with Gasteiger partial charge in [-0.3, -0.25) is 9.89 Å². The number of methoxy groups -OCH3 is 1. The number of piperidine rings is 1. The molecule has 2 N–H and O–H groups in total. The minimum absolute atomic E-state index is 0.180. The molecule has 3 heterocycles. The van der Waals surface area contributed by atoms with Crippen molar-refractivity contribution in [2.24, 2.45) is 0 Å². The van der Waals surface area contributed by atoms with Crippen LogP contribution >= 0.6 is 0 Å². The number of carbonyl (C=O) groups excluding carboxylic acids is 1. The van der Waals surface area contributed by atoms with Gasteiger partial charge in [-0.25, -0.2) is 4.98 Å². The second-order valence-electron chi connectivity index (χ2n) is 10.4. The van der Waals surface area contributed by atoms with Gasteiger partial charge < -0.3 is 19.6 Å². The first-order valence-corrected chi connectivity index (χ1v) is 13.3. The first-order valence-electron chi connectivity index (χ1n) is 13.3. The van der Waals surface area contributed by atoms with E-state index >= 15 is 0 Å². The first-order chi connectivity index (χ1) is 18.5. The van der Waals surface area contributed by atoms with Gasteiger partial charge in [0.25, 0.3) is 5.91 Å². The second kappa shape index (κ2) is 10.2. The van der Waals surface area contributed by atoms with Crippen LogP contribution in [-0.4, -0.2) is 75.3 Å². The van der Waals surface area contributed by atoms with Gasteiger partial charge in [-0.15, -0.1) is 0 Å². The number of aromatic nitrogens is 3. The van der Waals surface area contributed by atoms with E-state index in [4.69, 9.17) is 4.74 Å². The van der Waals surface area contributed by atoms with Crippen LogP contribution in [0.15, 0.2) is 60.8 Å². The molecule has 0 radical (unpaired) electrons. The van der Waals surface area contributed by atoms with Gasteiger partial charge in [-0.2, -0.15) is 5.10 Å². The highest BCUT2D eigenvalue weighted by Crippen LogP contribution is 2.36. The molecule has 196 valence electrons. The number of para-hydroxylation sites is 1. The van der Waals surface area contributed by atoms with E-state index in [1.165, 1.54) is 0 Å². The second-order valence-corrected chi connectivity index (χ2v) is 10.4. The molecular formula is C30H33N5O3. The number of hydrogen-bond acceptors (Lipinski definition) is 6. The number of nitrogens with zero attached hydrogens (tertiary/aromatic N) is 4. The quantitative estimate of drug-likeness (QED) is 0.382. The number of nitrogens with one attached hydrogen (secondary N) is 1. The van der Waals surface area contributed by atoms with Crippen molar-refractivity contribution in [3.63, 3.8) is 0 Å². The van der Waals surface area contributed by atoms with Gasteiger partial charge in [-0.05, 0) is 81.2 Å². The Morgan fingerprint density at radius 2 is 1.82 bits per heavy atom. The zero-order valence-corrected chi connectivity index (χ0v) is 21.8. The van der Waals surface area contributed by atoms with Gasteiger partial charge in [0.2, 0.25) is 0 Å². The zero-order chi connectivity index (χ0) is 26.2. The van der Waals surface area contributed by atoms with E-state index in [9.17, 15) is 9.90 Å². The summed E-state index contributed by atoms with van der Waals surface area (Å²) < 4.78 is 5.55. The molecule has 1 amide bonds. The SMILES string of the molecule is COc1ccccc1-c1n[nH]c2ncc(-c3cccc(C(O)C(=O)N(C4CC4)C4CCN(C)CC4)c3)cc12. The number of fused-ring (bicyclic) bond motifs is 1. The predicted molar refractivity (Wildman–Crippen MR) is 147 cm³/mol. The molecule has 2 aliphatic rings. The summed E-state index contributed by atoms with van der Waals surface area (Å²) in [6.45, 7) is 1.96. The summed E-state index contributed by atoms with van der Waals surface area (Å²) in [6, 6.07) is 17.8. The average molecular weight is 512 g/mol. The Morgan fingerprint density at radius 3 is 2.58 bits per heavy atom. The van der Waals surface area contributed by atoms with Crippen LogP contribution in [0, 0.1) is 0 Å². The summed E-state index contributed by atoms with van der Waals surface area (Å²) in [5, 5.41) is 19.6. The van der Waals surface area contributed by atoms with Gasteiger partial charge in [0.15, 0.2) is 11.8 Å². The van der Waals surface area contributed by atoms with E-state index < -0.39 is 6.10 Å². The van der Waals surface area contributed by atoms with Crippen LogP contribution in [-0.2, 0) is 4.79 Å². The van der Waals surface area contributed by atoms with Crippen molar-refractivity contribution < 1.29 is 14.6 Å². The van der Waals surface area contributed by atoms with E-state index in [1.54, 1.807) is 13.3 Å². The Hall–Kier alpha value is -3.75. The van der Waals surface area contributed by atoms with E-state index in [0.29, 0.717) is 11.2 Å². The maximum Gasteiger partial charge on any atom is 0.256 e. The van der Waals surface area contributed by atoms with Crippen LogP contribution in [0.25, 0.3) is 33.4 Å². The van der Waals surface area contributed by atoms with Gasteiger partial charge >= 0.3 is 0 Å². The number of amides is 1. The van der Waals surface area contributed by atoms with Crippen LogP contribution in [0.1, 0.15) is 37.4 Å². The Morgan fingerprint density at radius 1 is 1.05 bits per heavy atom. The standard InChI is InChI=1S/C30H33N5O3/c1-34-14-12-23(13-15-34)35(22-10-11-22)30(37)28(36)20-7-5-6-19(16-20)21-17-25-27(32-33-29(25)31-18-21)24-8-3-4-9-26(24)38-2/h3-9,16-18,22-23,28,36H,10-15H2,1-2H3,(H,31,32,33). The molecule has 2 fully saturated rings. The molecule has 1 atom stereocenters. The molecule has 0 bridgehead atoms. The van der Waals surface area contributed by atoms with Crippen LogP contribution in [0.2, 0.25) is 0 Å². The third kappa shape index (κ3) is 4.66. The number of likely N-dealkylation sites (tertiary alicyclic amines) is 1. The van der Waals surface area contributed by atoms with Crippen LogP contribution < -0.4 is 4.74 Å². The van der Waals surface area contributed by atoms with Crippen molar-refractivity contribution in [2.75, 3.05) is 27.2 Å². The van der Waals surface area contributed by atoms with Gasteiger partial charge in [-0.1, -0.05) is 30.3 Å². The van der Waals surface area contributed by atoms with Crippen molar-refractivity contribution in [3.8, 4) is 28.1 Å². The van der Waals surface area contributed by atoms with Crippen molar-refractivity contribution in [2.45, 2.75) is 43.9 Å². The molecule has 8 heteroatoms. The van der Waals surface area contributed by atoms with E-state index in [2.05, 4.69) is 27.1 Å². The van der Waals surface area contributed by atoms with Crippen molar-refractivity contribution in [1.82, 2.24) is 25.0 Å². The molecule has 2 aromatic carbocycles. The lowest BCUT2D eigenvalue weighted by Crippen LogP contribution is -2.49. The minimum atomic E-state index is -1.19. The fourth-order valence-electron chi connectivity index (χ4n) is 5.56. The zero-order valence-electron chi connectivity index (χ0n) is 21.8. The van der Waals surface area contributed by atoms with E-state index in [0.717, 1.165) is 72.3 Å². The Balaban J connectivity index is 1.29. The molecule has 1 saturated carbocycles. The van der Waals surface area contributed by atoms with Crippen molar-refractivity contribution in [3.05, 3.63) is 66.4 Å². The average Bonchev–Trinajstić information content (AvgIpc) is 3.71. The number of hydrogen-bond donors (Lipinski definition) is 2. The number of aromatic amines is 1. The number of carbonyl (C=O) groups is 1. The van der Waals surface area contributed by atoms with Crippen molar-refractivity contribution >= 4 is 16.9 Å². The number of benzene rings is 2. The van der Waals surface area contributed by atoms with Crippen LogP contribution in [0.4, 0.5) is 0 Å². The molecule has 1 aliphatic carbocycles. The molecule has 38 heavy (non-hydrogen) atoms. The highest BCUT2D eigenvalue weighted by molar-refractivity contribution is 5.95. The van der Waals surface area contributed by atoms with E-state index in [-0.39, 0.29) is 18.0 Å². The lowest BCUT2D eigenvalue weighted by molar-refractivity contribution is -0.144. The largest absolute Gasteiger partial charge is 0.496 e. The molecular weight excluding hydrogens is 478 g/mol. The van der Waals surface area contributed by atoms with Crippen LogP contribution in [0.3, 0.4) is 0 Å². The summed E-state index contributed by atoms with van der Waals surface area (Å²) >= 11 is 0. The lowest BCUT2D eigenvalue weighted by atomic mass is 9.98. The maximum atomic E-state index is 13.6. The monoisotopic (exact) mass is 511 g/mol. The van der Waals surface area contributed by atoms with E-state index in [1.807, 2.05) is 59.5 Å². The number of aliphatic hydroxyl groups excluding tert-OH is 1. The number of H-pyrrole nitrogens is 1. The fraction of sp³-hybridized carbons (Fsp3) is 0.367. The van der Waals surface area contributed by atoms with Gasteiger partial charge in [0.05, 0.1) is 7.11 Å². The van der Waals surface area contributed by atoms with Crippen LogP contribution in [0.5, 0.6) is 5.75 Å². The Bertz CT molecular complexity index is 1460. The molecule has 8 nitrogen and oxygen atoms in total. The smallest absolute Gasteiger partial charge is 0.256 e. The first kappa shape index (κ1) is 24.6. The summed E-state index contributed by atoms with van der Waals surface area (Å²) in [5.74, 6) is 0.556. The van der Waals surface area contributed by atoms with Gasteiger partial charge in [0, 0.05) is 34.8 Å². The summed E-state index contributed by atoms with van der Waals surface area (Å²) in [7, 11) is 3.77. The summed E-state index contributed by atoms with van der Waals surface area (Å²) in [4.78, 5) is 22.5. The lowest BCUT2D eigenvalue weighted by Gasteiger charge is -2.38. The highest BCUT2D eigenvalue weighted by Gasteiger charge is 2.40. The maximum absolute atomic E-state index is 13.6. The number of rotatable bonds is 7. The van der Waals surface area contributed by atoms with Gasteiger partial charge in [0.1, 0.15) is 11.4 Å². The topological polar surface area (TPSA) is 94.6 Å². The molecule has 1 unspecified atom stereocenters. The highest BCUT2D eigenvalue weighted by atomic mass is 16.5. The third-order valence-electron chi connectivity index (χ3n) is 7.82. The summed E-state index contributed by atoms with van der Waals surface area (Å²) in [5.41, 5.74) is 4.68. The third-order valence-corrected chi connectivity index (χ3v) is 7.82. The minimum Gasteiger partial charge on any atom is -0.496 e. The normalized spacial score (nSPS) is 17.4. The molecule has 1 aliphatic heterocycles. The molecule has 1 saturated heterocycles. The molecule has 0 spiro atoms. The predicted octanol–water partition coefficient (Wildman–Crippen LogP) is 4.42. The van der Waals surface area contributed by atoms with Crippen molar-refractivity contribution in [1.29, 1.82) is 0 Å². The number of ether oxygens (including phenoxy) is 1. The fourth-order valence-corrected chi connectivity index (χ4v) is 5.56.